The Labute approximate surface area is 133 Å². The molecule has 6 heteroatoms. The zero-order valence-electron chi connectivity index (χ0n) is 9.23. The maximum Gasteiger partial charge on any atom is 0.137 e. The first-order valence-corrected chi connectivity index (χ1v) is 7.63. The fraction of sp³-hybridized carbons (Fsp3) is 0.0769. The van der Waals surface area contributed by atoms with Crippen LogP contribution in [0.5, 0.6) is 0 Å². The van der Waals surface area contributed by atoms with E-state index in [0.29, 0.717) is 10.0 Å². The van der Waals surface area contributed by atoms with Gasteiger partial charge < -0.3 is 0 Å². The molecule has 2 aromatic carbocycles. The van der Waals surface area contributed by atoms with E-state index in [4.69, 9.17) is 0 Å². The molecular formula is C13H6Br3F3. The zero-order chi connectivity index (χ0) is 14.2. The summed E-state index contributed by atoms with van der Waals surface area (Å²) in [4.78, 5) is -0.697. The Morgan fingerprint density at radius 3 is 1.95 bits per heavy atom. The summed E-state index contributed by atoms with van der Waals surface area (Å²) in [5.74, 6) is -1.77. The van der Waals surface area contributed by atoms with Gasteiger partial charge in [0.2, 0.25) is 0 Å². The molecule has 1 atom stereocenters. The molecular weight excluding hydrogens is 453 g/mol. The first-order valence-electron chi connectivity index (χ1n) is 5.13. The third-order valence-electron chi connectivity index (χ3n) is 2.53. The third-order valence-corrected chi connectivity index (χ3v) is 4.59. The first kappa shape index (κ1) is 15.1. The number of rotatable bonds is 2. The van der Waals surface area contributed by atoms with Crippen molar-refractivity contribution in [1.82, 2.24) is 0 Å². The van der Waals surface area contributed by atoms with Crippen molar-refractivity contribution in [2.75, 3.05) is 0 Å². The van der Waals surface area contributed by atoms with Gasteiger partial charge in [0.1, 0.15) is 17.5 Å². The molecule has 0 nitrogen and oxygen atoms in total. The molecule has 0 N–H and O–H groups in total. The molecule has 0 aromatic heterocycles. The third kappa shape index (κ3) is 3.23. The normalized spacial score (nSPS) is 12.5. The van der Waals surface area contributed by atoms with Crippen molar-refractivity contribution in [3.63, 3.8) is 0 Å². The summed E-state index contributed by atoms with van der Waals surface area (Å²) in [6, 6.07) is 6.56. The maximum atomic E-state index is 13.8. The average molecular weight is 459 g/mol. The van der Waals surface area contributed by atoms with Crippen molar-refractivity contribution in [3.8, 4) is 0 Å². The van der Waals surface area contributed by atoms with Gasteiger partial charge in [-0.25, -0.2) is 13.2 Å². The van der Waals surface area contributed by atoms with Gasteiger partial charge in [0.25, 0.3) is 0 Å². The molecule has 0 amide bonds. The zero-order valence-corrected chi connectivity index (χ0v) is 14.0. The van der Waals surface area contributed by atoms with Crippen molar-refractivity contribution in [2.24, 2.45) is 0 Å². The Kier molecular flexibility index (Phi) is 4.74. The van der Waals surface area contributed by atoms with Crippen LogP contribution in [0.4, 0.5) is 13.2 Å². The minimum atomic E-state index is -0.697. The van der Waals surface area contributed by atoms with Crippen LogP contribution >= 0.6 is 47.8 Å². The predicted octanol–water partition coefficient (Wildman–Crippen LogP) is 6.11. The molecule has 1 unspecified atom stereocenters. The number of alkyl halides is 1. The lowest BCUT2D eigenvalue weighted by molar-refractivity contribution is 0.559. The summed E-state index contributed by atoms with van der Waals surface area (Å²) in [5, 5.41) is 0. The monoisotopic (exact) mass is 456 g/mol. The second-order valence-electron chi connectivity index (χ2n) is 3.82. The van der Waals surface area contributed by atoms with Crippen LogP contribution in [0.1, 0.15) is 16.0 Å². The van der Waals surface area contributed by atoms with Crippen LogP contribution in [0.15, 0.2) is 39.3 Å². The molecule has 2 aromatic rings. The van der Waals surface area contributed by atoms with E-state index < -0.39 is 22.3 Å². The van der Waals surface area contributed by atoms with E-state index in [1.165, 1.54) is 30.3 Å². The number of hydrogen-bond acceptors (Lipinski definition) is 0. The Morgan fingerprint density at radius 1 is 0.842 bits per heavy atom. The Balaban J connectivity index is 2.49. The van der Waals surface area contributed by atoms with E-state index in [1.54, 1.807) is 0 Å². The number of benzene rings is 2. The lowest BCUT2D eigenvalue weighted by atomic mass is 10.0. The van der Waals surface area contributed by atoms with Gasteiger partial charge in [0.15, 0.2) is 0 Å². The molecule has 100 valence electrons. The minimum absolute atomic E-state index is 0.110. The van der Waals surface area contributed by atoms with Crippen LogP contribution in [0.2, 0.25) is 0 Å². The van der Waals surface area contributed by atoms with E-state index in [1.807, 2.05) is 0 Å². The Morgan fingerprint density at radius 2 is 1.42 bits per heavy atom. The van der Waals surface area contributed by atoms with Crippen LogP contribution < -0.4 is 0 Å². The summed E-state index contributed by atoms with van der Waals surface area (Å²) < 4.78 is 41.4. The standard InChI is InChI=1S/C13H6Br3F3/c14-7-4-10(18)12(11(19)5-7)13(16)6-1-2-9(17)8(15)3-6/h1-5,13H. The molecule has 0 aliphatic heterocycles. The first-order chi connectivity index (χ1) is 8.90. The molecule has 0 radical (unpaired) electrons. The lowest BCUT2D eigenvalue weighted by Gasteiger charge is -2.14. The summed E-state index contributed by atoms with van der Waals surface area (Å²) in [5.41, 5.74) is 0.440. The second-order valence-corrected chi connectivity index (χ2v) is 6.50. The second kappa shape index (κ2) is 5.97. The maximum absolute atomic E-state index is 13.8. The Bertz CT molecular complexity index is 606. The highest BCUT2D eigenvalue weighted by Crippen LogP contribution is 2.36. The molecule has 0 aliphatic rings. The molecule has 2 rings (SSSR count). The van der Waals surface area contributed by atoms with Crippen molar-refractivity contribution in [3.05, 3.63) is 67.9 Å². The van der Waals surface area contributed by atoms with Crippen molar-refractivity contribution < 1.29 is 13.2 Å². The van der Waals surface area contributed by atoms with Crippen LogP contribution in [0.3, 0.4) is 0 Å². The Hall–Kier alpha value is -0.330. The molecule has 0 bridgehead atoms. The van der Waals surface area contributed by atoms with Crippen molar-refractivity contribution in [1.29, 1.82) is 0 Å². The molecule has 0 heterocycles. The summed E-state index contributed by atoms with van der Waals surface area (Å²) in [7, 11) is 0. The fourth-order valence-electron chi connectivity index (χ4n) is 1.63. The van der Waals surface area contributed by atoms with Gasteiger partial charge in [0, 0.05) is 10.0 Å². The van der Waals surface area contributed by atoms with E-state index >= 15 is 0 Å². The smallest absolute Gasteiger partial charge is 0.137 e. The van der Waals surface area contributed by atoms with Gasteiger partial charge >= 0.3 is 0 Å². The fourth-order valence-corrected chi connectivity index (χ4v) is 3.15. The van der Waals surface area contributed by atoms with Crippen molar-refractivity contribution >= 4 is 47.8 Å². The lowest BCUT2D eigenvalue weighted by Crippen LogP contribution is -2.01. The van der Waals surface area contributed by atoms with E-state index in [9.17, 15) is 13.2 Å². The van der Waals surface area contributed by atoms with Gasteiger partial charge in [-0.3, -0.25) is 0 Å². The predicted molar refractivity (Wildman–Crippen MR) is 78.9 cm³/mol. The number of hydrogen-bond donors (Lipinski definition) is 0. The highest BCUT2D eigenvalue weighted by Gasteiger charge is 2.21. The highest BCUT2D eigenvalue weighted by molar-refractivity contribution is 9.10. The summed E-state index contributed by atoms with van der Waals surface area (Å²) >= 11 is 9.31. The van der Waals surface area contributed by atoms with Crippen LogP contribution in [-0.2, 0) is 0 Å². The van der Waals surface area contributed by atoms with Gasteiger partial charge in [-0.2, -0.15) is 0 Å². The highest BCUT2D eigenvalue weighted by atomic mass is 79.9. The minimum Gasteiger partial charge on any atom is -0.206 e. The quantitative estimate of drug-likeness (QED) is 0.476. The summed E-state index contributed by atoms with van der Waals surface area (Å²) in [6.07, 6.45) is 0. The van der Waals surface area contributed by atoms with Gasteiger partial charge in [-0.1, -0.05) is 37.9 Å². The topological polar surface area (TPSA) is 0 Å². The molecule has 19 heavy (non-hydrogen) atoms. The van der Waals surface area contributed by atoms with Crippen LogP contribution in [0, 0.1) is 17.5 Å². The molecule has 0 saturated heterocycles. The van der Waals surface area contributed by atoms with E-state index in [2.05, 4.69) is 47.8 Å². The van der Waals surface area contributed by atoms with Crippen molar-refractivity contribution in [2.45, 2.75) is 4.83 Å². The molecule has 0 fully saturated rings. The summed E-state index contributed by atoms with van der Waals surface area (Å²) in [6.45, 7) is 0. The molecule has 0 spiro atoms. The molecule has 0 saturated carbocycles. The van der Waals surface area contributed by atoms with Gasteiger partial charge in [0.05, 0.1) is 9.30 Å². The number of halogens is 6. The molecule has 0 aliphatic carbocycles. The average Bonchev–Trinajstić information content (AvgIpc) is 2.31. The SMILES string of the molecule is Fc1ccc(C(Br)c2c(F)cc(Br)cc2F)cc1Br. The van der Waals surface area contributed by atoms with Gasteiger partial charge in [-0.15, -0.1) is 0 Å². The van der Waals surface area contributed by atoms with Crippen LogP contribution in [0.25, 0.3) is 0 Å². The van der Waals surface area contributed by atoms with E-state index in [0.717, 1.165) is 0 Å². The van der Waals surface area contributed by atoms with Crippen LogP contribution in [-0.4, -0.2) is 0 Å². The largest absolute Gasteiger partial charge is 0.206 e. The van der Waals surface area contributed by atoms with E-state index in [-0.39, 0.29) is 10.0 Å². The van der Waals surface area contributed by atoms with Gasteiger partial charge in [-0.05, 0) is 45.8 Å².